The van der Waals surface area contributed by atoms with Crippen LogP contribution in [0.4, 0.5) is 0 Å². The summed E-state index contributed by atoms with van der Waals surface area (Å²) in [4.78, 5) is 4.63. The third kappa shape index (κ3) is 6.72. The second kappa shape index (κ2) is 8.78. The molecule has 1 aromatic rings. The molecule has 1 rings (SSSR count). The Morgan fingerprint density at radius 2 is 1.81 bits per heavy atom. The van der Waals surface area contributed by atoms with Crippen LogP contribution >= 0.6 is 0 Å². The zero-order valence-electron chi connectivity index (χ0n) is 14.2. The maximum atomic E-state index is 4.63. The van der Waals surface area contributed by atoms with E-state index >= 15 is 0 Å². The highest BCUT2D eigenvalue weighted by atomic mass is 14.9. The molecule has 1 unspecified atom stereocenters. The van der Waals surface area contributed by atoms with Crippen molar-refractivity contribution >= 4 is 5.71 Å². The van der Waals surface area contributed by atoms with Gasteiger partial charge < -0.3 is 5.32 Å². The number of nitrogens with one attached hydrogen (secondary N) is 1. The van der Waals surface area contributed by atoms with Gasteiger partial charge in [-0.2, -0.15) is 0 Å². The van der Waals surface area contributed by atoms with Crippen LogP contribution in [0.25, 0.3) is 0 Å². The summed E-state index contributed by atoms with van der Waals surface area (Å²) in [6.45, 7) is 15.6. The molecule has 1 aromatic carbocycles. The minimum atomic E-state index is 0.326. The highest BCUT2D eigenvalue weighted by Gasteiger charge is 2.07. The lowest BCUT2D eigenvalue weighted by molar-refractivity contribution is 0.521. The van der Waals surface area contributed by atoms with E-state index in [-0.39, 0.29) is 0 Å². The van der Waals surface area contributed by atoms with Gasteiger partial charge in [-0.15, -0.1) is 6.58 Å². The van der Waals surface area contributed by atoms with E-state index in [0.29, 0.717) is 18.0 Å². The first-order chi connectivity index (χ1) is 9.92. The van der Waals surface area contributed by atoms with Crippen molar-refractivity contribution in [3.63, 3.8) is 0 Å². The van der Waals surface area contributed by atoms with Crippen molar-refractivity contribution in [2.45, 2.75) is 53.1 Å². The fourth-order valence-corrected chi connectivity index (χ4v) is 2.19. The number of rotatable bonds is 8. The van der Waals surface area contributed by atoms with Gasteiger partial charge in [0.05, 0.1) is 0 Å². The normalized spacial score (nSPS) is 13.8. The minimum absolute atomic E-state index is 0.326. The number of nitrogens with zero attached hydrogens (tertiary/aromatic N) is 1. The monoisotopic (exact) mass is 286 g/mol. The van der Waals surface area contributed by atoms with E-state index in [1.54, 1.807) is 0 Å². The van der Waals surface area contributed by atoms with Gasteiger partial charge >= 0.3 is 0 Å². The molecule has 1 N–H and O–H groups in total. The number of aliphatic imine (C=N–C) groups is 1. The Morgan fingerprint density at radius 3 is 2.29 bits per heavy atom. The Labute approximate surface area is 130 Å². The molecule has 0 saturated carbocycles. The SMILES string of the molecule is C=CC(Cc1ccc(C(C)=NCC(C)C)cc1)NC(C)C. The maximum absolute atomic E-state index is 4.63. The van der Waals surface area contributed by atoms with E-state index < -0.39 is 0 Å². The summed E-state index contributed by atoms with van der Waals surface area (Å²) in [6, 6.07) is 9.53. The van der Waals surface area contributed by atoms with Gasteiger partial charge in [0, 0.05) is 24.3 Å². The molecule has 0 heterocycles. The molecular weight excluding hydrogens is 256 g/mol. The molecule has 0 spiro atoms. The van der Waals surface area contributed by atoms with Gasteiger partial charge in [-0.25, -0.2) is 0 Å². The second-order valence-electron chi connectivity index (χ2n) is 6.38. The summed E-state index contributed by atoms with van der Waals surface area (Å²) in [5, 5.41) is 3.51. The standard InChI is InChI=1S/C19H30N2/c1-7-19(21-15(4)5)12-17-8-10-18(11-9-17)16(6)20-13-14(2)3/h7-11,14-15,19,21H,1,12-13H2,2-6H3. The van der Waals surface area contributed by atoms with Crippen LogP contribution in [0.2, 0.25) is 0 Å². The van der Waals surface area contributed by atoms with Crippen LogP contribution in [-0.2, 0) is 6.42 Å². The molecule has 0 fully saturated rings. The quantitative estimate of drug-likeness (QED) is 0.561. The third-order valence-corrected chi connectivity index (χ3v) is 3.35. The minimum Gasteiger partial charge on any atom is -0.308 e. The number of hydrogen-bond acceptors (Lipinski definition) is 2. The van der Waals surface area contributed by atoms with Gasteiger partial charge in [-0.1, -0.05) is 58.0 Å². The molecule has 0 aliphatic carbocycles. The predicted molar refractivity (Wildman–Crippen MR) is 94.3 cm³/mol. The van der Waals surface area contributed by atoms with Crippen molar-refractivity contribution in [3.8, 4) is 0 Å². The molecule has 0 amide bonds. The molecule has 0 aliphatic rings. The molecule has 21 heavy (non-hydrogen) atoms. The lowest BCUT2D eigenvalue weighted by atomic mass is 10.0. The van der Waals surface area contributed by atoms with Crippen molar-refractivity contribution in [1.29, 1.82) is 0 Å². The number of hydrogen-bond donors (Lipinski definition) is 1. The van der Waals surface area contributed by atoms with E-state index in [1.807, 2.05) is 6.08 Å². The molecule has 0 bridgehead atoms. The predicted octanol–water partition coefficient (Wildman–Crippen LogP) is 4.25. The summed E-state index contributed by atoms with van der Waals surface area (Å²) in [7, 11) is 0. The van der Waals surface area contributed by atoms with Gasteiger partial charge in [-0.3, -0.25) is 4.99 Å². The van der Waals surface area contributed by atoms with E-state index in [1.165, 1.54) is 11.1 Å². The molecule has 0 radical (unpaired) electrons. The largest absolute Gasteiger partial charge is 0.308 e. The highest BCUT2D eigenvalue weighted by Crippen LogP contribution is 2.10. The van der Waals surface area contributed by atoms with Crippen molar-refractivity contribution < 1.29 is 0 Å². The summed E-state index contributed by atoms with van der Waals surface area (Å²) in [6.07, 6.45) is 2.97. The van der Waals surface area contributed by atoms with Crippen molar-refractivity contribution in [1.82, 2.24) is 5.32 Å². The first-order valence-corrected chi connectivity index (χ1v) is 7.91. The van der Waals surface area contributed by atoms with Gasteiger partial charge in [0.2, 0.25) is 0 Å². The molecular formula is C19H30N2. The van der Waals surface area contributed by atoms with E-state index in [0.717, 1.165) is 18.7 Å². The Morgan fingerprint density at radius 1 is 1.19 bits per heavy atom. The lowest BCUT2D eigenvalue weighted by Crippen LogP contribution is -2.34. The summed E-state index contributed by atoms with van der Waals surface area (Å²) in [5.74, 6) is 0.606. The fourth-order valence-electron chi connectivity index (χ4n) is 2.19. The van der Waals surface area contributed by atoms with Crippen LogP contribution in [0.1, 0.15) is 45.7 Å². The van der Waals surface area contributed by atoms with Crippen LogP contribution in [0.5, 0.6) is 0 Å². The van der Waals surface area contributed by atoms with Crippen molar-refractivity contribution in [2.75, 3.05) is 6.54 Å². The topological polar surface area (TPSA) is 24.4 Å². The van der Waals surface area contributed by atoms with Crippen molar-refractivity contribution in [3.05, 3.63) is 48.0 Å². The van der Waals surface area contributed by atoms with E-state index in [9.17, 15) is 0 Å². The lowest BCUT2D eigenvalue weighted by Gasteiger charge is -2.17. The average Bonchev–Trinajstić information content (AvgIpc) is 2.44. The zero-order valence-corrected chi connectivity index (χ0v) is 14.2. The third-order valence-electron chi connectivity index (χ3n) is 3.35. The van der Waals surface area contributed by atoms with Gasteiger partial charge in [0.15, 0.2) is 0 Å². The second-order valence-corrected chi connectivity index (χ2v) is 6.38. The van der Waals surface area contributed by atoms with Crippen LogP contribution in [0.15, 0.2) is 41.9 Å². The zero-order chi connectivity index (χ0) is 15.8. The van der Waals surface area contributed by atoms with Gasteiger partial charge in [0.1, 0.15) is 0 Å². The smallest absolute Gasteiger partial charge is 0.0415 e. The van der Waals surface area contributed by atoms with Crippen molar-refractivity contribution in [2.24, 2.45) is 10.9 Å². The Kier molecular flexibility index (Phi) is 7.38. The molecule has 1 atom stereocenters. The van der Waals surface area contributed by atoms with E-state index in [2.05, 4.69) is 75.8 Å². The average molecular weight is 286 g/mol. The van der Waals surface area contributed by atoms with Crippen LogP contribution in [0, 0.1) is 5.92 Å². The first kappa shape index (κ1) is 17.6. The summed E-state index contributed by atoms with van der Waals surface area (Å²) < 4.78 is 0. The molecule has 2 heteroatoms. The Balaban J connectivity index is 2.69. The summed E-state index contributed by atoms with van der Waals surface area (Å²) >= 11 is 0. The van der Waals surface area contributed by atoms with Crippen LogP contribution in [-0.4, -0.2) is 24.3 Å². The Bertz CT molecular complexity index is 455. The number of benzene rings is 1. The fraction of sp³-hybridized carbons (Fsp3) is 0.526. The van der Waals surface area contributed by atoms with Gasteiger partial charge in [0.25, 0.3) is 0 Å². The molecule has 0 saturated heterocycles. The molecule has 0 aromatic heterocycles. The molecule has 116 valence electrons. The maximum Gasteiger partial charge on any atom is 0.0415 e. The molecule has 0 aliphatic heterocycles. The first-order valence-electron chi connectivity index (χ1n) is 7.91. The van der Waals surface area contributed by atoms with Crippen LogP contribution in [0.3, 0.4) is 0 Å². The van der Waals surface area contributed by atoms with Crippen LogP contribution < -0.4 is 5.32 Å². The van der Waals surface area contributed by atoms with E-state index in [4.69, 9.17) is 0 Å². The highest BCUT2D eigenvalue weighted by molar-refractivity contribution is 5.98. The van der Waals surface area contributed by atoms with Gasteiger partial charge in [-0.05, 0) is 30.4 Å². The Hall–Kier alpha value is -1.41. The summed E-state index contributed by atoms with van der Waals surface area (Å²) in [5.41, 5.74) is 3.66. The molecule has 2 nitrogen and oxygen atoms in total.